The maximum atomic E-state index is 6.96. The van der Waals surface area contributed by atoms with Gasteiger partial charge in [0.05, 0.1) is 0 Å². The van der Waals surface area contributed by atoms with Gasteiger partial charge in [-0.05, 0) is 46.6 Å². The van der Waals surface area contributed by atoms with Crippen LogP contribution in [0, 0.1) is 11.8 Å². The SMILES string of the molecule is CC(C)(C)[Si](OC[C@@H]1C[C@H]1CCN)(c1ccccc1)c1ccccc1. The molecule has 2 N–H and O–H groups in total. The van der Waals surface area contributed by atoms with Gasteiger partial charge in [-0.1, -0.05) is 81.4 Å². The summed E-state index contributed by atoms with van der Waals surface area (Å²) in [5, 5.41) is 2.79. The molecule has 0 heterocycles. The van der Waals surface area contributed by atoms with Gasteiger partial charge in [0.2, 0.25) is 0 Å². The number of nitrogens with two attached hydrogens (primary N) is 1. The molecule has 2 atom stereocenters. The third-order valence-corrected chi connectivity index (χ3v) is 10.5. The van der Waals surface area contributed by atoms with E-state index in [1.165, 1.54) is 16.8 Å². The molecule has 0 saturated heterocycles. The Balaban J connectivity index is 1.98. The van der Waals surface area contributed by atoms with E-state index in [4.69, 9.17) is 10.2 Å². The van der Waals surface area contributed by atoms with E-state index in [9.17, 15) is 0 Å². The highest BCUT2D eigenvalue weighted by Gasteiger charge is 2.51. The molecule has 134 valence electrons. The van der Waals surface area contributed by atoms with Crippen LogP contribution in [0.2, 0.25) is 5.04 Å². The smallest absolute Gasteiger partial charge is 0.261 e. The fourth-order valence-corrected chi connectivity index (χ4v) is 8.70. The van der Waals surface area contributed by atoms with Gasteiger partial charge >= 0.3 is 0 Å². The van der Waals surface area contributed by atoms with Crippen LogP contribution < -0.4 is 16.1 Å². The van der Waals surface area contributed by atoms with E-state index in [1.807, 2.05) is 0 Å². The summed E-state index contributed by atoms with van der Waals surface area (Å²) in [6.45, 7) is 8.66. The molecule has 2 nitrogen and oxygen atoms in total. The molecule has 1 saturated carbocycles. The van der Waals surface area contributed by atoms with Gasteiger partial charge in [0.25, 0.3) is 8.32 Å². The Morgan fingerprint density at radius 3 is 1.88 bits per heavy atom. The zero-order valence-electron chi connectivity index (χ0n) is 15.7. The van der Waals surface area contributed by atoms with Crippen molar-refractivity contribution in [3.63, 3.8) is 0 Å². The van der Waals surface area contributed by atoms with Crippen LogP contribution in [0.3, 0.4) is 0 Å². The summed E-state index contributed by atoms with van der Waals surface area (Å²) < 4.78 is 6.96. The standard InChI is InChI=1S/C22H31NOSi/c1-22(2,3)25(20-10-6-4-7-11-20,21-12-8-5-9-13-21)24-17-19-16-18(19)14-15-23/h4-13,18-19H,14-17,23H2,1-3H3/t18-,19+/m1/s1. The molecule has 0 aliphatic heterocycles. The Bertz CT molecular complexity index is 626. The minimum absolute atomic E-state index is 0.0635. The Morgan fingerprint density at radius 1 is 0.920 bits per heavy atom. The minimum atomic E-state index is -2.36. The lowest BCUT2D eigenvalue weighted by Crippen LogP contribution is -2.66. The van der Waals surface area contributed by atoms with Crippen molar-refractivity contribution in [2.24, 2.45) is 17.6 Å². The van der Waals surface area contributed by atoms with Crippen molar-refractivity contribution in [3.05, 3.63) is 60.7 Å². The second-order valence-corrected chi connectivity index (χ2v) is 12.6. The maximum absolute atomic E-state index is 6.96. The monoisotopic (exact) mass is 353 g/mol. The van der Waals surface area contributed by atoms with Gasteiger partial charge in [0.15, 0.2) is 0 Å². The van der Waals surface area contributed by atoms with Crippen LogP contribution >= 0.6 is 0 Å². The fourth-order valence-electron chi connectivity index (χ4n) is 4.08. The van der Waals surface area contributed by atoms with Crippen molar-refractivity contribution >= 4 is 18.7 Å². The first kappa shape index (κ1) is 18.4. The van der Waals surface area contributed by atoms with Crippen molar-refractivity contribution in [1.29, 1.82) is 0 Å². The van der Waals surface area contributed by atoms with Crippen molar-refractivity contribution in [3.8, 4) is 0 Å². The predicted octanol–water partition coefficient (Wildman–Crippen LogP) is 3.55. The fraction of sp³-hybridized carbons (Fsp3) is 0.455. The van der Waals surface area contributed by atoms with Gasteiger partial charge in [0.1, 0.15) is 0 Å². The number of hydrogen-bond donors (Lipinski definition) is 1. The summed E-state index contributed by atoms with van der Waals surface area (Å²) in [6.07, 6.45) is 2.41. The Labute approximate surface area is 153 Å². The lowest BCUT2D eigenvalue weighted by atomic mass is 10.2. The van der Waals surface area contributed by atoms with Crippen LogP contribution in [0.1, 0.15) is 33.6 Å². The van der Waals surface area contributed by atoms with E-state index in [0.717, 1.165) is 25.5 Å². The molecule has 0 radical (unpaired) electrons. The molecule has 2 aromatic rings. The van der Waals surface area contributed by atoms with E-state index < -0.39 is 8.32 Å². The van der Waals surface area contributed by atoms with E-state index in [1.54, 1.807) is 0 Å². The molecule has 3 rings (SSSR count). The van der Waals surface area contributed by atoms with Gasteiger partial charge < -0.3 is 10.2 Å². The van der Waals surface area contributed by atoms with Crippen LogP contribution in [-0.2, 0) is 4.43 Å². The third kappa shape index (κ3) is 3.74. The molecule has 0 bridgehead atoms. The third-order valence-electron chi connectivity index (χ3n) is 5.54. The number of benzene rings is 2. The second kappa shape index (κ2) is 7.44. The van der Waals surface area contributed by atoms with E-state index in [-0.39, 0.29) is 5.04 Å². The molecule has 25 heavy (non-hydrogen) atoms. The molecule has 1 aliphatic carbocycles. The Hall–Kier alpha value is -1.42. The first-order chi connectivity index (χ1) is 12.0. The van der Waals surface area contributed by atoms with Gasteiger partial charge in [-0.2, -0.15) is 0 Å². The van der Waals surface area contributed by atoms with Gasteiger partial charge in [0, 0.05) is 6.61 Å². The minimum Gasteiger partial charge on any atom is -0.407 e. The van der Waals surface area contributed by atoms with Crippen molar-refractivity contribution in [2.75, 3.05) is 13.2 Å². The maximum Gasteiger partial charge on any atom is 0.261 e. The molecular formula is C22H31NOSi. The second-order valence-electron chi connectivity index (χ2n) is 8.31. The molecule has 2 aromatic carbocycles. The molecular weight excluding hydrogens is 322 g/mol. The highest BCUT2D eigenvalue weighted by Crippen LogP contribution is 2.43. The largest absolute Gasteiger partial charge is 0.407 e. The molecule has 0 aromatic heterocycles. The average Bonchev–Trinajstić information content (AvgIpc) is 3.35. The van der Waals surface area contributed by atoms with Crippen LogP contribution in [-0.4, -0.2) is 21.5 Å². The highest BCUT2D eigenvalue weighted by molar-refractivity contribution is 6.99. The summed E-state index contributed by atoms with van der Waals surface area (Å²) in [4.78, 5) is 0. The first-order valence-corrected chi connectivity index (χ1v) is 11.3. The summed E-state index contributed by atoms with van der Waals surface area (Å²) in [6, 6.07) is 21.8. The summed E-state index contributed by atoms with van der Waals surface area (Å²) in [5.74, 6) is 1.45. The Morgan fingerprint density at radius 2 is 1.44 bits per heavy atom. The van der Waals surface area contributed by atoms with Crippen molar-refractivity contribution < 1.29 is 4.43 Å². The normalized spacial score (nSPS) is 20.5. The lowest BCUT2D eigenvalue weighted by Gasteiger charge is -2.43. The topological polar surface area (TPSA) is 35.2 Å². The molecule has 0 amide bonds. The molecule has 0 unspecified atom stereocenters. The number of hydrogen-bond acceptors (Lipinski definition) is 2. The van der Waals surface area contributed by atoms with Crippen LogP contribution in [0.15, 0.2) is 60.7 Å². The van der Waals surface area contributed by atoms with Crippen LogP contribution in [0.4, 0.5) is 0 Å². The quantitative estimate of drug-likeness (QED) is 0.773. The van der Waals surface area contributed by atoms with Crippen molar-refractivity contribution in [2.45, 2.75) is 38.7 Å². The molecule has 0 spiro atoms. The zero-order valence-corrected chi connectivity index (χ0v) is 16.7. The Kier molecular flexibility index (Phi) is 5.47. The van der Waals surface area contributed by atoms with Gasteiger partial charge in [-0.25, -0.2) is 0 Å². The van der Waals surface area contributed by atoms with Crippen molar-refractivity contribution in [1.82, 2.24) is 0 Å². The molecule has 3 heteroatoms. The molecule has 1 aliphatic rings. The number of rotatable bonds is 7. The first-order valence-electron chi connectivity index (χ1n) is 9.44. The van der Waals surface area contributed by atoms with E-state index in [2.05, 4.69) is 81.4 Å². The zero-order chi connectivity index (χ0) is 17.9. The average molecular weight is 354 g/mol. The van der Waals surface area contributed by atoms with E-state index >= 15 is 0 Å². The summed E-state index contributed by atoms with van der Waals surface area (Å²) in [7, 11) is -2.36. The summed E-state index contributed by atoms with van der Waals surface area (Å²) >= 11 is 0. The van der Waals surface area contributed by atoms with E-state index in [0.29, 0.717) is 5.92 Å². The highest BCUT2D eigenvalue weighted by atomic mass is 28.4. The predicted molar refractivity (Wildman–Crippen MR) is 109 cm³/mol. The van der Waals surface area contributed by atoms with Crippen LogP contribution in [0.25, 0.3) is 0 Å². The van der Waals surface area contributed by atoms with Crippen LogP contribution in [0.5, 0.6) is 0 Å². The van der Waals surface area contributed by atoms with Gasteiger partial charge in [-0.15, -0.1) is 0 Å². The summed E-state index contributed by atoms with van der Waals surface area (Å²) in [5.41, 5.74) is 5.73. The van der Waals surface area contributed by atoms with Gasteiger partial charge in [-0.3, -0.25) is 0 Å². The lowest BCUT2D eigenvalue weighted by molar-refractivity contribution is 0.273. The molecule has 1 fully saturated rings.